The first-order valence-electron chi connectivity index (χ1n) is 11.2. The Balaban J connectivity index is 1.31. The summed E-state index contributed by atoms with van der Waals surface area (Å²) in [5.41, 5.74) is 0.902. The lowest BCUT2D eigenvalue weighted by atomic mass is 10.1. The van der Waals surface area contributed by atoms with Crippen LogP contribution < -0.4 is 15.8 Å². The van der Waals surface area contributed by atoms with Gasteiger partial charge in [-0.15, -0.1) is 0 Å². The molecule has 11 nitrogen and oxygen atoms in total. The molecule has 4 rings (SSSR count). The van der Waals surface area contributed by atoms with Gasteiger partial charge >= 0.3 is 19.5 Å². The number of aryl methyl sites for hydroxylation is 2. The lowest BCUT2D eigenvalue weighted by Crippen LogP contribution is -2.33. The van der Waals surface area contributed by atoms with E-state index in [9.17, 15) is 18.9 Å². The number of hydrogen-bond acceptors (Lipinski definition) is 9. The van der Waals surface area contributed by atoms with E-state index in [1.54, 1.807) is 45.1 Å². The molecule has 1 aromatic carbocycles. The Morgan fingerprint density at radius 2 is 2.09 bits per heavy atom. The number of carbonyl (C=O) groups excluding carboxylic acids is 1. The molecule has 2 aliphatic heterocycles. The van der Waals surface area contributed by atoms with Gasteiger partial charge in [-0.05, 0) is 51.0 Å². The maximum absolute atomic E-state index is 12.9. The number of aromatic amines is 1. The highest BCUT2D eigenvalue weighted by Crippen LogP contribution is 2.54. The minimum Gasteiger partial charge on any atom is -0.463 e. The van der Waals surface area contributed by atoms with Gasteiger partial charge in [-0.25, -0.2) is 9.36 Å². The number of rotatable bonds is 8. The number of fused-ring (bicyclic) bond motifs is 1. The highest BCUT2D eigenvalue weighted by Gasteiger charge is 2.36. The predicted molar refractivity (Wildman–Crippen MR) is 124 cm³/mol. The molecule has 0 aliphatic carbocycles. The third-order valence-electron chi connectivity index (χ3n) is 5.32. The summed E-state index contributed by atoms with van der Waals surface area (Å²) in [4.78, 5) is 37.6. The number of carbonyl (C=O) groups is 1. The average molecular weight is 506 g/mol. The van der Waals surface area contributed by atoms with E-state index in [2.05, 4.69) is 4.98 Å². The van der Waals surface area contributed by atoms with Crippen LogP contribution in [0.1, 0.15) is 43.2 Å². The third kappa shape index (κ3) is 6.18. The van der Waals surface area contributed by atoms with Gasteiger partial charge in [-0.1, -0.05) is 12.1 Å². The summed E-state index contributed by atoms with van der Waals surface area (Å²) in [5.74, 6) is 0.109. The van der Waals surface area contributed by atoms with Crippen molar-refractivity contribution in [1.29, 1.82) is 0 Å². The zero-order valence-electron chi connectivity index (χ0n) is 19.6. The molecule has 3 atom stereocenters. The van der Waals surface area contributed by atoms with Crippen molar-refractivity contribution in [3.8, 4) is 5.75 Å². The first kappa shape index (κ1) is 25.1. The van der Waals surface area contributed by atoms with E-state index in [4.69, 9.17) is 23.0 Å². The van der Waals surface area contributed by atoms with Crippen molar-refractivity contribution in [2.24, 2.45) is 0 Å². The second-order valence-corrected chi connectivity index (χ2v) is 10.1. The number of nitrogens with zero attached hydrogens (tertiary/aromatic N) is 1. The second kappa shape index (κ2) is 10.3. The van der Waals surface area contributed by atoms with Crippen LogP contribution in [0.15, 0.2) is 46.1 Å². The second-order valence-electron chi connectivity index (χ2n) is 8.52. The van der Waals surface area contributed by atoms with Crippen molar-refractivity contribution in [3.63, 3.8) is 0 Å². The SMILES string of the molecule is Cc1cn([C@H]2C=C[C@@H](COP3(=O)OCc4cc(CCC(=O)OC(C)C)ccc4O3)O2)c(=O)[nH]c1=O. The van der Waals surface area contributed by atoms with Gasteiger partial charge in [0, 0.05) is 23.7 Å². The molecule has 0 radical (unpaired) electrons. The number of esters is 1. The molecule has 2 aromatic rings. The van der Waals surface area contributed by atoms with Gasteiger partial charge in [0.25, 0.3) is 5.56 Å². The maximum atomic E-state index is 12.9. The van der Waals surface area contributed by atoms with Gasteiger partial charge in [-0.3, -0.25) is 28.2 Å². The number of aromatic nitrogens is 2. The first-order chi connectivity index (χ1) is 16.6. The highest BCUT2D eigenvalue weighted by molar-refractivity contribution is 7.49. The Morgan fingerprint density at radius 3 is 2.86 bits per heavy atom. The Kier molecular flexibility index (Phi) is 7.42. The quantitative estimate of drug-likeness (QED) is 0.326. The molecule has 3 heterocycles. The van der Waals surface area contributed by atoms with E-state index >= 15 is 0 Å². The van der Waals surface area contributed by atoms with Crippen molar-refractivity contribution in [2.45, 2.75) is 58.7 Å². The molecule has 12 heteroatoms. The van der Waals surface area contributed by atoms with Gasteiger partial charge < -0.3 is 14.0 Å². The molecule has 0 amide bonds. The average Bonchev–Trinajstić information content (AvgIpc) is 3.27. The van der Waals surface area contributed by atoms with Crippen molar-refractivity contribution < 1.29 is 32.4 Å². The van der Waals surface area contributed by atoms with E-state index in [1.165, 1.54) is 10.8 Å². The van der Waals surface area contributed by atoms with E-state index in [0.29, 0.717) is 23.3 Å². The topological polar surface area (TPSA) is 135 Å². The van der Waals surface area contributed by atoms with Gasteiger partial charge in [0.15, 0.2) is 6.23 Å². The molecule has 0 saturated carbocycles. The minimum atomic E-state index is -3.88. The van der Waals surface area contributed by atoms with Crippen LogP contribution in [0.2, 0.25) is 0 Å². The summed E-state index contributed by atoms with van der Waals surface area (Å²) >= 11 is 0. The molecular formula is C23H27N2O9P. The smallest absolute Gasteiger partial charge is 0.463 e. The molecule has 0 spiro atoms. The molecule has 188 valence electrons. The van der Waals surface area contributed by atoms with Crippen LogP contribution in [-0.4, -0.2) is 34.3 Å². The molecular weight excluding hydrogens is 479 g/mol. The largest absolute Gasteiger partial charge is 0.530 e. The summed E-state index contributed by atoms with van der Waals surface area (Å²) < 4.78 is 41.4. The van der Waals surface area contributed by atoms with Crippen LogP contribution in [0, 0.1) is 6.92 Å². The van der Waals surface area contributed by atoms with Crippen LogP contribution in [0.25, 0.3) is 0 Å². The number of hydrogen-bond donors (Lipinski definition) is 1. The summed E-state index contributed by atoms with van der Waals surface area (Å²) in [5, 5.41) is 0. The van der Waals surface area contributed by atoms with Crippen LogP contribution in [-0.2, 0) is 40.9 Å². The van der Waals surface area contributed by atoms with Crippen LogP contribution >= 0.6 is 7.82 Å². The van der Waals surface area contributed by atoms with Gasteiger partial charge in [0.2, 0.25) is 0 Å². The molecule has 35 heavy (non-hydrogen) atoms. The minimum absolute atomic E-state index is 0.0208. The highest BCUT2D eigenvalue weighted by atomic mass is 31.2. The predicted octanol–water partition coefficient (Wildman–Crippen LogP) is 2.92. The lowest BCUT2D eigenvalue weighted by Gasteiger charge is -2.26. The van der Waals surface area contributed by atoms with E-state index in [1.807, 2.05) is 6.07 Å². The summed E-state index contributed by atoms with van der Waals surface area (Å²) in [6.07, 6.45) is 3.96. The summed E-state index contributed by atoms with van der Waals surface area (Å²) in [7, 11) is -3.88. The van der Waals surface area contributed by atoms with Crippen LogP contribution in [0.3, 0.4) is 0 Å². The Hall–Kier alpha value is -2.98. The Labute approximate surface area is 201 Å². The van der Waals surface area contributed by atoms with Gasteiger partial charge in [0.1, 0.15) is 11.9 Å². The van der Waals surface area contributed by atoms with Crippen LogP contribution in [0.5, 0.6) is 5.75 Å². The maximum Gasteiger partial charge on any atom is 0.530 e. The number of benzene rings is 1. The molecule has 1 unspecified atom stereocenters. The zero-order valence-corrected chi connectivity index (χ0v) is 20.5. The lowest BCUT2D eigenvalue weighted by molar-refractivity contribution is -0.147. The van der Waals surface area contributed by atoms with E-state index in [0.717, 1.165) is 5.56 Å². The molecule has 1 aromatic heterocycles. The molecule has 2 aliphatic rings. The zero-order chi connectivity index (χ0) is 25.2. The van der Waals surface area contributed by atoms with Crippen molar-refractivity contribution in [2.75, 3.05) is 6.61 Å². The fourth-order valence-corrected chi connectivity index (χ4v) is 4.82. The number of phosphoric ester groups is 1. The summed E-state index contributed by atoms with van der Waals surface area (Å²) in [6, 6.07) is 5.29. The molecule has 0 saturated heterocycles. The monoisotopic (exact) mass is 506 g/mol. The Morgan fingerprint density at radius 1 is 1.29 bits per heavy atom. The number of nitrogens with one attached hydrogen (secondary N) is 1. The fraction of sp³-hybridized carbons (Fsp3) is 0.435. The Bertz CT molecular complexity index is 1300. The van der Waals surface area contributed by atoms with Crippen molar-refractivity contribution in [1.82, 2.24) is 9.55 Å². The first-order valence-corrected chi connectivity index (χ1v) is 12.6. The molecule has 0 fully saturated rings. The number of H-pyrrole nitrogens is 1. The van der Waals surface area contributed by atoms with Crippen molar-refractivity contribution >= 4 is 13.8 Å². The molecule has 1 N–H and O–H groups in total. The van der Waals surface area contributed by atoms with Gasteiger partial charge in [-0.2, -0.15) is 0 Å². The fourth-order valence-electron chi connectivity index (χ4n) is 3.60. The van der Waals surface area contributed by atoms with Crippen molar-refractivity contribution in [3.05, 3.63) is 74.1 Å². The third-order valence-corrected chi connectivity index (χ3v) is 6.65. The standard InChI is InChI=1S/C23H27N2O9P/c1-14(2)32-21(26)9-5-16-4-7-19-17(10-16)12-30-35(29,34-19)31-13-18-6-8-20(33-18)25-11-15(3)22(27)24-23(25)28/h4,6-8,10-11,14,18,20H,5,9,12-13H2,1-3H3,(H,24,27,28)/t18-,20+,35?/m0/s1. The number of ether oxygens (including phenoxy) is 2. The van der Waals surface area contributed by atoms with Gasteiger partial charge in [0.05, 0.1) is 19.3 Å². The van der Waals surface area contributed by atoms with E-state index in [-0.39, 0.29) is 31.7 Å². The van der Waals surface area contributed by atoms with Crippen LogP contribution in [0.4, 0.5) is 0 Å². The normalized spacial score (nSPS) is 23.2. The number of phosphoric acid groups is 1. The van der Waals surface area contributed by atoms with E-state index < -0.39 is 31.4 Å². The molecule has 0 bridgehead atoms. The summed E-state index contributed by atoms with van der Waals surface area (Å²) in [6.45, 7) is 5.07.